The number of nitrogens with zero attached hydrogens (tertiary/aromatic N) is 3. The Labute approximate surface area is 194 Å². The van der Waals surface area contributed by atoms with Crippen molar-refractivity contribution in [2.45, 2.75) is 25.4 Å². The topological polar surface area (TPSA) is 145 Å². The fraction of sp³-hybridized carbons (Fsp3) is 0.350. The lowest BCUT2D eigenvalue weighted by Gasteiger charge is -2.17. The fourth-order valence-corrected chi connectivity index (χ4v) is 3.99. The van der Waals surface area contributed by atoms with Gasteiger partial charge in [-0.25, -0.2) is 9.78 Å². The molecule has 0 unspecified atom stereocenters. The molecule has 32 heavy (non-hydrogen) atoms. The first-order valence-electron chi connectivity index (χ1n) is 9.37. The maximum atomic E-state index is 11.3. The van der Waals surface area contributed by atoms with Gasteiger partial charge in [-0.15, -0.1) is 11.8 Å². The number of halogens is 1. The monoisotopic (exact) mass is 482 g/mol. The van der Waals surface area contributed by atoms with Crippen LogP contribution in [0.2, 0.25) is 5.28 Å². The van der Waals surface area contributed by atoms with Gasteiger partial charge in [0.1, 0.15) is 17.8 Å². The maximum absolute atomic E-state index is 11.3. The molecule has 1 aromatic heterocycles. The highest BCUT2D eigenvalue weighted by Gasteiger charge is 2.32. The molecule has 0 bridgehead atoms. The number of hydrogen-bond acceptors (Lipinski definition) is 9. The summed E-state index contributed by atoms with van der Waals surface area (Å²) < 4.78 is 10.1. The van der Waals surface area contributed by atoms with Crippen molar-refractivity contribution < 1.29 is 29.0 Å². The number of amides is 1. The van der Waals surface area contributed by atoms with Crippen LogP contribution in [0.3, 0.4) is 0 Å². The lowest BCUT2D eigenvalue weighted by Crippen LogP contribution is -2.40. The first kappa shape index (κ1) is 25.4. The summed E-state index contributed by atoms with van der Waals surface area (Å²) in [5.41, 5.74) is 6.60. The molecule has 2 heterocycles. The molecule has 0 aliphatic carbocycles. The molecule has 10 nitrogen and oxygen atoms in total. The molecule has 0 saturated carbocycles. The fourth-order valence-electron chi connectivity index (χ4n) is 2.64. The first-order chi connectivity index (χ1) is 15.2. The van der Waals surface area contributed by atoms with Gasteiger partial charge in [0.2, 0.25) is 17.1 Å². The molecule has 1 aliphatic rings. The van der Waals surface area contributed by atoms with Crippen molar-refractivity contribution in [3.63, 3.8) is 0 Å². The number of carboxylic acid groups (broad SMARTS) is 1. The molecular weight excluding hydrogens is 460 g/mol. The Kier molecular flexibility index (Phi) is 9.69. The van der Waals surface area contributed by atoms with Crippen LogP contribution in [0.5, 0.6) is 11.6 Å². The molecular formula is C20H23ClN4O6S. The first-order valence-corrected chi connectivity index (χ1v) is 10.9. The zero-order valence-corrected chi connectivity index (χ0v) is 19.0. The number of carboxylic acids is 1. The van der Waals surface area contributed by atoms with Gasteiger partial charge < -0.3 is 25.2 Å². The summed E-state index contributed by atoms with van der Waals surface area (Å²) in [5.74, 6) is 0.453. The van der Waals surface area contributed by atoms with E-state index in [0.717, 1.165) is 5.56 Å². The molecule has 3 N–H and O–H groups in total. The number of thioether (sulfide) groups is 1. The Hall–Kier alpha value is -2.89. The van der Waals surface area contributed by atoms with E-state index in [2.05, 4.69) is 14.7 Å². The minimum absolute atomic E-state index is 0.119. The van der Waals surface area contributed by atoms with Gasteiger partial charge in [-0.05, 0) is 35.7 Å². The number of ether oxygens (including phenoxy) is 2. The summed E-state index contributed by atoms with van der Waals surface area (Å²) in [7, 11) is 1.31. The van der Waals surface area contributed by atoms with Gasteiger partial charge in [0.15, 0.2) is 0 Å². The molecule has 3 rings (SSSR count). The van der Waals surface area contributed by atoms with Crippen LogP contribution in [-0.2, 0) is 25.5 Å². The molecule has 0 radical (unpaired) electrons. The summed E-state index contributed by atoms with van der Waals surface area (Å²) in [5, 5.41) is 8.74. The summed E-state index contributed by atoms with van der Waals surface area (Å²) >= 11 is 7.15. The Balaban J connectivity index is 0.000000278. The number of hydrogen-bond donors (Lipinski definition) is 2. The third kappa shape index (κ3) is 7.66. The minimum atomic E-state index is -0.912. The van der Waals surface area contributed by atoms with Gasteiger partial charge in [0.05, 0.1) is 13.0 Å². The van der Waals surface area contributed by atoms with Gasteiger partial charge in [-0.1, -0.05) is 12.1 Å². The number of carbonyl (C=O) groups is 3. The SMILES string of the molecule is CC(=O)N1CSC[C@@H]1C(=O)O.COC(=O)[C@@H](N)Cc1ccc(Oc2ccnc(Cl)n2)cc1. The van der Waals surface area contributed by atoms with E-state index in [1.807, 2.05) is 12.1 Å². The number of methoxy groups -OCH3 is 1. The standard InChI is InChI=1S/C14H14ClN3O3.C6H9NO3S/c1-20-13(19)11(16)8-9-2-4-10(5-3-9)21-12-6-7-17-14(15)18-12;1-4(8)7-3-11-2-5(7)6(9)10/h2-7,11H,8,16H2,1H3;5H,2-3H2,1H3,(H,9,10)/t11-;5-/m01/s1. The number of rotatable bonds is 6. The highest BCUT2D eigenvalue weighted by atomic mass is 35.5. The highest BCUT2D eigenvalue weighted by molar-refractivity contribution is 7.99. The Morgan fingerprint density at radius 3 is 2.53 bits per heavy atom. The number of nitrogens with two attached hydrogens (primary N) is 1. The van der Waals surface area contributed by atoms with Crippen LogP contribution in [0.25, 0.3) is 0 Å². The molecule has 2 aromatic rings. The van der Waals surface area contributed by atoms with Crippen molar-refractivity contribution in [1.29, 1.82) is 0 Å². The van der Waals surface area contributed by atoms with Gasteiger partial charge in [-0.2, -0.15) is 4.98 Å². The second kappa shape index (κ2) is 12.2. The van der Waals surface area contributed by atoms with Gasteiger partial charge in [0, 0.05) is 24.9 Å². The molecule has 172 valence electrons. The van der Waals surface area contributed by atoms with Crippen molar-refractivity contribution in [3.05, 3.63) is 47.4 Å². The van der Waals surface area contributed by atoms with Gasteiger partial charge in [-0.3, -0.25) is 9.59 Å². The zero-order valence-electron chi connectivity index (χ0n) is 17.4. The second-order valence-corrected chi connectivity index (χ2v) is 7.92. The van der Waals surface area contributed by atoms with E-state index < -0.39 is 24.0 Å². The lowest BCUT2D eigenvalue weighted by atomic mass is 10.1. The average molecular weight is 483 g/mol. The van der Waals surface area contributed by atoms with Crippen LogP contribution in [0.15, 0.2) is 36.5 Å². The van der Waals surface area contributed by atoms with Crippen molar-refractivity contribution in [3.8, 4) is 11.6 Å². The van der Waals surface area contributed by atoms with Crippen LogP contribution >= 0.6 is 23.4 Å². The largest absolute Gasteiger partial charge is 0.480 e. The van der Waals surface area contributed by atoms with Crippen LogP contribution < -0.4 is 10.5 Å². The molecule has 2 atom stereocenters. The van der Waals surface area contributed by atoms with E-state index >= 15 is 0 Å². The van der Waals surface area contributed by atoms with Crippen molar-refractivity contribution in [2.24, 2.45) is 5.73 Å². The van der Waals surface area contributed by atoms with E-state index in [-0.39, 0.29) is 11.2 Å². The van der Waals surface area contributed by atoms with Crippen LogP contribution in [-0.4, -0.2) is 68.6 Å². The predicted molar refractivity (Wildman–Crippen MR) is 119 cm³/mol. The summed E-state index contributed by atoms with van der Waals surface area (Å²) in [6.07, 6.45) is 1.90. The Morgan fingerprint density at radius 1 is 1.31 bits per heavy atom. The van der Waals surface area contributed by atoms with E-state index in [4.69, 9.17) is 27.2 Å². The summed E-state index contributed by atoms with van der Waals surface area (Å²) in [4.78, 5) is 41.6. The maximum Gasteiger partial charge on any atom is 0.327 e. The molecule has 1 aliphatic heterocycles. The van der Waals surface area contributed by atoms with Crippen LogP contribution in [0, 0.1) is 0 Å². The third-order valence-electron chi connectivity index (χ3n) is 4.28. The highest BCUT2D eigenvalue weighted by Crippen LogP contribution is 2.21. The van der Waals surface area contributed by atoms with E-state index in [1.165, 1.54) is 36.9 Å². The van der Waals surface area contributed by atoms with Crippen molar-refractivity contribution in [1.82, 2.24) is 14.9 Å². The molecule has 1 aromatic carbocycles. The normalized spacial score (nSPS) is 15.9. The number of esters is 1. The van der Waals surface area contributed by atoms with Crippen molar-refractivity contribution in [2.75, 3.05) is 18.7 Å². The average Bonchev–Trinajstić information content (AvgIpc) is 3.26. The number of aromatic nitrogens is 2. The number of benzene rings is 1. The van der Waals surface area contributed by atoms with E-state index in [9.17, 15) is 14.4 Å². The zero-order chi connectivity index (χ0) is 23.7. The number of aliphatic carboxylic acids is 1. The van der Waals surface area contributed by atoms with Crippen LogP contribution in [0.1, 0.15) is 12.5 Å². The Bertz CT molecular complexity index is 926. The molecule has 1 amide bonds. The molecule has 1 fully saturated rings. The van der Waals surface area contributed by atoms with Crippen molar-refractivity contribution >= 4 is 41.2 Å². The van der Waals surface area contributed by atoms with Gasteiger partial charge >= 0.3 is 11.9 Å². The Morgan fingerprint density at radius 2 is 2.00 bits per heavy atom. The van der Waals surface area contributed by atoms with Gasteiger partial charge in [0.25, 0.3) is 0 Å². The molecule has 1 saturated heterocycles. The minimum Gasteiger partial charge on any atom is -0.480 e. The smallest absolute Gasteiger partial charge is 0.327 e. The van der Waals surface area contributed by atoms with E-state index in [0.29, 0.717) is 29.7 Å². The second-order valence-electron chi connectivity index (χ2n) is 6.59. The molecule has 12 heteroatoms. The van der Waals surface area contributed by atoms with E-state index in [1.54, 1.807) is 18.2 Å². The third-order valence-corrected chi connectivity index (χ3v) is 5.47. The summed E-state index contributed by atoms with van der Waals surface area (Å²) in [6.45, 7) is 1.39. The lowest BCUT2D eigenvalue weighted by molar-refractivity contribution is -0.147. The molecule has 0 spiro atoms. The predicted octanol–water partition coefficient (Wildman–Crippen LogP) is 1.96. The summed E-state index contributed by atoms with van der Waals surface area (Å²) in [6, 6.07) is 7.47. The quantitative estimate of drug-likeness (QED) is 0.462. The number of carbonyl (C=O) groups excluding carboxylic acids is 2. The van der Waals surface area contributed by atoms with Crippen LogP contribution in [0.4, 0.5) is 0 Å².